The quantitative estimate of drug-likeness (QED) is 0.330. The fourth-order valence-corrected chi connectivity index (χ4v) is 4.38. The van der Waals surface area contributed by atoms with E-state index >= 15 is 0 Å². The van der Waals surface area contributed by atoms with Crippen LogP contribution in [0.25, 0.3) is 0 Å². The fraction of sp³-hybridized carbons (Fsp3) is 0.611. The Morgan fingerprint density at radius 1 is 1.06 bits per heavy atom. The first-order valence-electron chi connectivity index (χ1n) is 9.52. The minimum Gasteiger partial charge on any atom is -0.465 e. The molecule has 1 atom stereocenters. The molecule has 0 spiro atoms. The molecule has 1 heterocycles. The second kappa shape index (κ2) is 10.2. The van der Waals surface area contributed by atoms with Gasteiger partial charge in [0.1, 0.15) is 11.6 Å². The number of hydrogen-bond acceptors (Lipinski definition) is 7. The number of ether oxygens (including phenoxy) is 3. The first-order valence-corrected chi connectivity index (χ1v) is 10.3. The van der Waals surface area contributed by atoms with E-state index in [1.165, 1.54) is 0 Å². The smallest absolute Gasteiger partial charge is 0.448 e. The van der Waals surface area contributed by atoms with Gasteiger partial charge in [-0.05, 0) is 38.2 Å². The van der Waals surface area contributed by atoms with Crippen LogP contribution in [0.2, 0.25) is 0 Å². The van der Waals surface area contributed by atoms with Gasteiger partial charge < -0.3 is 14.2 Å². The second-order valence-corrected chi connectivity index (χ2v) is 7.89. The van der Waals surface area contributed by atoms with Crippen LogP contribution >= 0.6 is 11.3 Å². The van der Waals surface area contributed by atoms with E-state index in [0.717, 1.165) is 43.5 Å². The summed E-state index contributed by atoms with van der Waals surface area (Å²) in [4.78, 5) is 37.4. The van der Waals surface area contributed by atoms with E-state index in [1.54, 1.807) is 0 Å². The Balaban J connectivity index is 2.41. The normalized spacial score (nSPS) is 15.8. The van der Waals surface area contributed by atoms with Gasteiger partial charge in [-0.2, -0.15) is 26.3 Å². The van der Waals surface area contributed by atoms with Crippen molar-refractivity contribution in [1.82, 2.24) is 5.32 Å². The van der Waals surface area contributed by atoms with Gasteiger partial charge in [0.25, 0.3) is 0 Å². The standard InChI is InChI=1S/C18H20F6N2O6S/c1-3-31-14(28)17(18(22,23)24,32-8-16(19,20)21)26-15(29)25-12-11(13(27)30-2)9-6-4-5-7-10(9)33-12/h3-8H2,1-2H3,(H2,25,26,29)/t17-/m1/s1. The van der Waals surface area contributed by atoms with E-state index in [0.29, 0.717) is 23.3 Å². The maximum Gasteiger partial charge on any atom is 0.448 e. The van der Waals surface area contributed by atoms with Crippen molar-refractivity contribution in [2.75, 3.05) is 25.6 Å². The lowest BCUT2D eigenvalue weighted by Gasteiger charge is -2.33. The minimum atomic E-state index is -5.83. The van der Waals surface area contributed by atoms with Crippen molar-refractivity contribution in [3.63, 3.8) is 0 Å². The summed E-state index contributed by atoms with van der Waals surface area (Å²) >= 11 is 0.913. The molecule has 1 aliphatic carbocycles. The molecule has 186 valence electrons. The number of nitrogens with one attached hydrogen (secondary N) is 2. The number of thiophene rings is 1. The van der Waals surface area contributed by atoms with Gasteiger partial charge in [0.2, 0.25) is 0 Å². The van der Waals surface area contributed by atoms with E-state index in [9.17, 15) is 40.7 Å². The highest BCUT2D eigenvalue weighted by atomic mass is 32.1. The van der Waals surface area contributed by atoms with E-state index in [1.807, 2.05) is 5.32 Å². The number of carbonyl (C=O) groups is 3. The van der Waals surface area contributed by atoms with Crippen LogP contribution in [-0.4, -0.2) is 56.4 Å². The van der Waals surface area contributed by atoms with Crippen LogP contribution in [0.15, 0.2) is 0 Å². The summed E-state index contributed by atoms with van der Waals surface area (Å²) in [7, 11) is 1.07. The van der Waals surface area contributed by atoms with Crippen LogP contribution in [0.1, 0.15) is 40.6 Å². The number of anilines is 1. The zero-order valence-electron chi connectivity index (χ0n) is 17.4. The Labute approximate surface area is 187 Å². The lowest BCUT2D eigenvalue weighted by molar-refractivity contribution is -0.305. The Kier molecular flexibility index (Phi) is 8.22. The van der Waals surface area contributed by atoms with Gasteiger partial charge in [-0.3, -0.25) is 10.6 Å². The van der Waals surface area contributed by atoms with Gasteiger partial charge in [-0.25, -0.2) is 14.4 Å². The van der Waals surface area contributed by atoms with Gasteiger partial charge in [0, 0.05) is 4.88 Å². The zero-order valence-corrected chi connectivity index (χ0v) is 18.2. The fourth-order valence-electron chi connectivity index (χ4n) is 3.10. The molecule has 0 bridgehead atoms. The SMILES string of the molecule is CCOC(=O)[C@@](NC(=O)Nc1sc2c(c1C(=O)OC)CCCC2)(OCC(F)(F)F)C(F)(F)F. The molecule has 0 radical (unpaired) electrons. The highest BCUT2D eigenvalue weighted by Crippen LogP contribution is 2.39. The molecule has 0 aromatic carbocycles. The molecule has 1 aromatic rings. The Morgan fingerprint density at radius 2 is 1.70 bits per heavy atom. The summed E-state index contributed by atoms with van der Waals surface area (Å²) in [6.45, 7) is -2.03. The number of halogens is 6. The molecule has 0 fully saturated rings. The molecule has 1 aliphatic rings. The summed E-state index contributed by atoms with van der Waals surface area (Å²) in [6.07, 6.45) is -8.57. The predicted molar refractivity (Wildman–Crippen MR) is 102 cm³/mol. The summed E-state index contributed by atoms with van der Waals surface area (Å²) in [6, 6.07) is -1.74. The predicted octanol–water partition coefficient (Wildman–Crippen LogP) is 3.94. The number of methoxy groups -OCH3 is 1. The van der Waals surface area contributed by atoms with Crippen LogP contribution in [0, 0.1) is 0 Å². The summed E-state index contributed by atoms with van der Waals surface area (Å²) in [5, 5.41) is 2.95. The number of rotatable bonds is 7. The maximum absolute atomic E-state index is 13.8. The van der Waals surface area contributed by atoms with Crippen LogP contribution < -0.4 is 10.6 Å². The summed E-state index contributed by atoms with van der Waals surface area (Å²) in [5.41, 5.74) is -3.96. The molecule has 0 unspecified atom stereocenters. The molecule has 2 amide bonds. The van der Waals surface area contributed by atoms with Crippen molar-refractivity contribution in [2.24, 2.45) is 0 Å². The average molecular weight is 506 g/mol. The van der Waals surface area contributed by atoms with E-state index in [4.69, 9.17) is 0 Å². The number of carbonyl (C=O) groups excluding carboxylic acids is 3. The van der Waals surface area contributed by atoms with Gasteiger partial charge in [0.15, 0.2) is 0 Å². The van der Waals surface area contributed by atoms with Gasteiger partial charge in [-0.15, -0.1) is 11.3 Å². The molecule has 0 aliphatic heterocycles. The lowest BCUT2D eigenvalue weighted by Crippen LogP contribution is -2.67. The third kappa shape index (κ3) is 6.07. The van der Waals surface area contributed by atoms with Crippen LogP contribution in [0.4, 0.5) is 36.1 Å². The first-order chi connectivity index (χ1) is 15.3. The lowest BCUT2D eigenvalue weighted by atomic mass is 9.95. The molecule has 0 saturated carbocycles. The highest BCUT2D eigenvalue weighted by molar-refractivity contribution is 7.17. The average Bonchev–Trinajstić information content (AvgIpc) is 3.06. The number of hydrogen-bond donors (Lipinski definition) is 2. The molecule has 8 nitrogen and oxygen atoms in total. The highest BCUT2D eigenvalue weighted by Gasteiger charge is 2.66. The van der Waals surface area contributed by atoms with E-state index < -0.39 is 49.3 Å². The largest absolute Gasteiger partial charge is 0.465 e. The summed E-state index contributed by atoms with van der Waals surface area (Å²) in [5.74, 6) is -3.15. The van der Waals surface area contributed by atoms with Crippen LogP contribution in [0.5, 0.6) is 0 Å². The third-order valence-electron chi connectivity index (χ3n) is 4.49. The second-order valence-electron chi connectivity index (χ2n) is 6.79. The maximum atomic E-state index is 13.8. The molecule has 33 heavy (non-hydrogen) atoms. The van der Waals surface area contributed by atoms with Crippen LogP contribution in [-0.2, 0) is 31.8 Å². The number of urea groups is 1. The Hall–Kier alpha value is -2.55. The molecule has 0 saturated heterocycles. The number of amides is 2. The number of aryl methyl sites for hydroxylation is 1. The van der Waals surface area contributed by atoms with Crippen molar-refractivity contribution in [2.45, 2.75) is 50.7 Å². The van der Waals surface area contributed by atoms with E-state index in [-0.39, 0.29) is 10.6 Å². The zero-order chi connectivity index (χ0) is 25.0. The van der Waals surface area contributed by atoms with Gasteiger partial charge in [0.05, 0.1) is 19.3 Å². The Bertz CT molecular complexity index is 900. The summed E-state index contributed by atoms with van der Waals surface area (Å²) < 4.78 is 91.9. The molecule has 2 rings (SSSR count). The number of esters is 2. The van der Waals surface area contributed by atoms with Crippen molar-refractivity contribution in [3.8, 4) is 0 Å². The molecule has 15 heteroatoms. The van der Waals surface area contributed by atoms with Crippen molar-refractivity contribution >= 4 is 34.3 Å². The van der Waals surface area contributed by atoms with Crippen molar-refractivity contribution in [3.05, 3.63) is 16.0 Å². The molecule has 1 aromatic heterocycles. The Morgan fingerprint density at radius 3 is 2.24 bits per heavy atom. The first kappa shape index (κ1) is 26.7. The minimum absolute atomic E-state index is 0.0719. The number of fused-ring (bicyclic) bond motifs is 1. The van der Waals surface area contributed by atoms with E-state index in [2.05, 4.69) is 14.2 Å². The van der Waals surface area contributed by atoms with Crippen molar-refractivity contribution in [1.29, 1.82) is 0 Å². The third-order valence-corrected chi connectivity index (χ3v) is 5.70. The number of alkyl halides is 6. The van der Waals surface area contributed by atoms with Crippen LogP contribution in [0.3, 0.4) is 0 Å². The molecule has 2 N–H and O–H groups in total. The monoisotopic (exact) mass is 506 g/mol. The topological polar surface area (TPSA) is 103 Å². The van der Waals surface area contributed by atoms with Crippen molar-refractivity contribution < 1.29 is 54.9 Å². The van der Waals surface area contributed by atoms with Gasteiger partial charge in [-0.1, -0.05) is 0 Å². The molecular weight excluding hydrogens is 486 g/mol. The van der Waals surface area contributed by atoms with Gasteiger partial charge >= 0.3 is 36.0 Å². The molecular formula is C18H20F6N2O6S.